The van der Waals surface area contributed by atoms with Crippen LogP contribution in [-0.4, -0.2) is 31.0 Å². The molecule has 62 valence electrons. The quantitative estimate of drug-likeness (QED) is 0.475. The standard InChI is InChI=1S/C7H18N2O/c1-6(4-5-10)9-7(2)8-3/h6-10H,4-5H2,1-3H3. The van der Waals surface area contributed by atoms with Crippen LogP contribution in [0, 0.1) is 0 Å². The van der Waals surface area contributed by atoms with Crippen molar-refractivity contribution in [2.75, 3.05) is 13.7 Å². The highest BCUT2D eigenvalue weighted by Crippen LogP contribution is 1.89. The molecule has 2 atom stereocenters. The van der Waals surface area contributed by atoms with Gasteiger partial charge in [0.25, 0.3) is 0 Å². The Kier molecular flexibility index (Phi) is 5.58. The monoisotopic (exact) mass is 146 g/mol. The molecule has 0 aliphatic carbocycles. The molecule has 3 heteroatoms. The number of aliphatic hydroxyl groups is 1. The van der Waals surface area contributed by atoms with Crippen LogP contribution in [-0.2, 0) is 0 Å². The summed E-state index contributed by atoms with van der Waals surface area (Å²) in [6, 6.07) is 0.382. The smallest absolute Gasteiger partial charge is 0.0542 e. The second-order valence-electron chi connectivity index (χ2n) is 2.59. The van der Waals surface area contributed by atoms with Crippen molar-refractivity contribution in [3.63, 3.8) is 0 Å². The van der Waals surface area contributed by atoms with Crippen LogP contribution in [0.2, 0.25) is 0 Å². The molecular weight excluding hydrogens is 128 g/mol. The van der Waals surface area contributed by atoms with Gasteiger partial charge in [0, 0.05) is 12.6 Å². The molecule has 0 aromatic carbocycles. The van der Waals surface area contributed by atoms with Crippen LogP contribution < -0.4 is 10.6 Å². The fourth-order valence-electron chi connectivity index (χ4n) is 0.787. The lowest BCUT2D eigenvalue weighted by molar-refractivity contribution is 0.261. The Morgan fingerprint density at radius 2 is 2.00 bits per heavy atom. The molecule has 0 aromatic rings. The van der Waals surface area contributed by atoms with Crippen molar-refractivity contribution < 1.29 is 5.11 Å². The van der Waals surface area contributed by atoms with Crippen LogP contribution in [0.5, 0.6) is 0 Å². The van der Waals surface area contributed by atoms with Gasteiger partial charge in [-0.2, -0.15) is 0 Å². The SMILES string of the molecule is CNC(C)NC(C)CCO. The number of aliphatic hydroxyl groups excluding tert-OH is 1. The normalized spacial score (nSPS) is 16.8. The molecule has 0 saturated carbocycles. The first kappa shape index (κ1) is 9.88. The summed E-state index contributed by atoms with van der Waals surface area (Å²) in [6.45, 7) is 4.36. The molecule has 0 radical (unpaired) electrons. The lowest BCUT2D eigenvalue weighted by atomic mass is 10.2. The summed E-state index contributed by atoms with van der Waals surface area (Å²) >= 11 is 0. The minimum Gasteiger partial charge on any atom is -0.396 e. The Morgan fingerprint density at radius 3 is 2.40 bits per heavy atom. The topological polar surface area (TPSA) is 44.3 Å². The Balaban J connectivity index is 3.27. The van der Waals surface area contributed by atoms with Gasteiger partial charge in [-0.3, -0.25) is 5.32 Å². The number of rotatable bonds is 5. The van der Waals surface area contributed by atoms with Crippen LogP contribution >= 0.6 is 0 Å². The van der Waals surface area contributed by atoms with Crippen LogP contribution in [0.15, 0.2) is 0 Å². The van der Waals surface area contributed by atoms with Crippen molar-refractivity contribution >= 4 is 0 Å². The van der Waals surface area contributed by atoms with E-state index in [-0.39, 0.29) is 6.61 Å². The highest BCUT2D eigenvalue weighted by atomic mass is 16.3. The molecule has 0 rings (SSSR count). The minimum absolute atomic E-state index is 0.255. The van der Waals surface area contributed by atoms with Gasteiger partial charge in [0.05, 0.1) is 6.17 Å². The molecule has 0 bridgehead atoms. The average molecular weight is 146 g/mol. The molecule has 2 unspecified atom stereocenters. The maximum absolute atomic E-state index is 8.56. The average Bonchev–Trinajstić information content (AvgIpc) is 1.88. The third kappa shape index (κ3) is 4.73. The van der Waals surface area contributed by atoms with Crippen molar-refractivity contribution in [3.8, 4) is 0 Å². The molecule has 3 N–H and O–H groups in total. The van der Waals surface area contributed by atoms with Crippen molar-refractivity contribution in [1.29, 1.82) is 0 Å². The molecular formula is C7H18N2O. The van der Waals surface area contributed by atoms with E-state index < -0.39 is 0 Å². The third-order valence-corrected chi connectivity index (χ3v) is 1.53. The molecule has 0 fully saturated rings. The van der Waals surface area contributed by atoms with Crippen LogP contribution in [0.4, 0.5) is 0 Å². The molecule has 0 aromatic heterocycles. The summed E-state index contributed by atoms with van der Waals surface area (Å²) in [5, 5.41) is 14.9. The van der Waals surface area contributed by atoms with E-state index in [2.05, 4.69) is 17.6 Å². The second kappa shape index (κ2) is 5.65. The number of hydrogen-bond acceptors (Lipinski definition) is 3. The van der Waals surface area contributed by atoms with E-state index in [1.165, 1.54) is 0 Å². The zero-order chi connectivity index (χ0) is 7.98. The van der Waals surface area contributed by atoms with E-state index in [1.54, 1.807) is 0 Å². The Morgan fingerprint density at radius 1 is 1.40 bits per heavy atom. The maximum Gasteiger partial charge on any atom is 0.0542 e. The van der Waals surface area contributed by atoms with Crippen molar-refractivity contribution in [3.05, 3.63) is 0 Å². The number of hydrogen-bond donors (Lipinski definition) is 3. The molecule has 0 heterocycles. The van der Waals surface area contributed by atoms with Gasteiger partial charge in [-0.15, -0.1) is 0 Å². The summed E-state index contributed by atoms with van der Waals surface area (Å²) in [7, 11) is 1.91. The van der Waals surface area contributed by atoms with Crippen molar-refractivity contribution in [2.24, 2.45) is 0 Å². The first-order valence-electron chi connectivity index (χ1n) is 3.75. The van der Waals surface area contributed by atoms with Crippen molar-refractivity contribution in [1.82, 2.24) is 10.6 Å². The van der Waals surface area contributed by atoms with E-state index in [0.29, 0.717) is 12.2 Å². The first-order chi connectivity index (χ1) is 4.70. The fraction of sp³-hybridized carbons (Fsp3) is 1.00. The van der Waals surface area contributed by atoms with Gasteiger partial charge in [0.15, 0.2) is 0 Å². The zero-order valence-electron chi connectivity index (χ0n) is 7.02. The molecule has 0 spiro atoms. The lowest BCUT2D eigenvalue weighted by Gasteiger charge is -2.18. The predicted molar refractivity (Wildman–Crippen MR) is 42.8 cm³/mol. The Hall–Kier alpha value is -0.120. The molecule has 3 nitrogen and oxygen atoms in total. The minimum atomic E-state index is 0.255. The van der Waals surface area contributed by atoms with Gasteiger partial charge < -0.3 is 10.4 Å². The first-order valence-corrected chi connectivity index (χ1v) is 3.75. The maximum atomic E-state index is 8.56. The zero-order valence-corrected chi connectivity index (χ0v) is 7.02. The molecule has 0 aliphatic heterocycles. The summed E-state index contributed by atoms with van der Waals surface area (Å²) in [5.74, 6) is 0. The van der Waals surface area contributed by atoms with Gasteiger partial charge in [-0.25, -0.2) is 0 Å². The second-order valence-corrected chi connectivity index (χ2v) is 2.59. The molecule has 0 aliphatic rings. The number of nitrogens with one attached hydrogen (secondary N) is 2. The van der Waals surface area contributed by atoms with E-state index in [0.717, 1.165) is 6.42 Å². The highest BCUT2D eigenvalue weighted by Gasteiger charge is 2.02. The van der Waals surface area contributed by atoms with Crippen molar-refractivity contribution in [2.45, 2.75) is 32.5 Å². The van der Waals surface area contributed by atoms with Crippen LogP contribution in [0.1, 0.15) is 20.3 Å². The van der Waals surface area contributed by atoms with Gasteiger partial charge in [-0.05, 0) is 27.3 Å². The Labute approximate surface area is 62.8 Å². The van der Waals surface area contributed by atoms with E-state index >= 15 is 0 Å². The van der Waals surface area contributed by atoms with Gasteiger partial charge in [-0.1, -0.05) is 0 Å². The fourth-order valence-corrected chi connectivity index (χ4v) is 0.787. The molecule has 10 heavy (non-hydrogen) atoms. The lowest BCUT2D eigenvalue weighted by Crippen LogP contribution is -2.42. The summed E-state index contributed by atoms with van der Waals surface area (Å²) in [6.07, 6.45) is 1.13. The largest absolute Gasteiger partial charge is 0.396 e. The van der Waals surface area contributed by atoms with E-state index in [4.69, 9.17) is 5.11 Å². The highest BCUT2D eigenvalue weighted by molar-refractivity contribution is 4.63. The van der Waals surface area contributed by atoms with Crippen LogP contribution in [0.3, 0.4) is 0 Å². The van der Waals surface area contributed by atoms with Crippen LogP contribution in [0.25, 0.3) is 0 Å². The van der Waals surface area contributed by atoms with Gasteiger partial charge >= 0.3 is 0 Å². The Bertz CT molecular complexity index is 78.0. The summed E-state index contributed by atoms with van der Waals surface area (Å²) < 4.78 is 0. The summed E-state index contributed by atoms with van der Waals surface area (Å²) in [5.41, 5.74) is 0. The third-order valence-electron chi connectivity index (χ3n) is 1.53. The van der Waals surface area contributed by atoms with Gasteiger partial charge in [0.1, 0.15) is 0 Å². The molecule has 0 amide bonds. The van der Waals surface area contributed by atoms with E-state index in [9.17, 15) is 0 Å². The van der Waals surface area contributed by atoms with Gasteiger partial charge in [0.2, 0.25) is 0 Å². The summed E-state index contributed by atoms with van der Waals surface area (Å²) in [4.78, 5) is 0. The van der Waals surface area contributed by atoms with E-state index in [1.807, 2.05) is 14.0 Å². The molecule has 0 saturated heterocycles. The predicted octanol–water partition coefficient (Wildman–Crippen LogP) is -0.0877.